The number of hydrogen-bond donors (Lipinski definition) is 3. The summed E-state index contributed by atoms with van der Waals surface area (Å²) in [7, 11) is 1.54. The van der Waals surface area contributed by atoms with Gasteiger partial charge in [-0.15, -0.1) is 0 Å². The van der Waals surface area contributed by atoms with Gasteiger partial charge in [0.25, 0.3) is 0 Å². The van der Waals surface area contributed by atoms with Crippen LogP contribution in [-0.4, -0.2) is 29.3 Å². The first-order valence-electron chi connectivity index (χ1n) is 8.67. The Kier molecular flexibility index (Phi) is 5.48. The number of amides is 2. The number of para-hydroxylation sites is 4. The van der Waals surface area contributed by atoms with Gasteiger partial charge in [-0.3, -0.25) is 0 Å². The SMILES string of the molecule is COc1ccccc1NC(=O)N/N=C/c1ccc(Sc2nc3ccccc3[nH]2)o1. The highest BCUT2D eigenvalue weighted by atomic mass is 32.2. The number of furan rings is 1. The molecule has 0 spiro atoms. The topological polar surface area (TPSA) is 105 Å². The zero-order chi connectivity index (χ0) is 20.1. The van der Waals surface area contributed by atoms with E-state index < -0.39 is 6.03 Å². The third kappa shape index (κ3) is 4.58. The fourth-order valence-electron chi connectivity index (χ4n) is 2.58. The Balaban J connectivity index is 1.33. The maximum atomic E-state index is 12.0. The summed E-state index contributed by atoms with van der Waals surface area (Å²) in [4.78, 5) is 19.7. The molecular formula is C20H17N5O3S. The van der Waals surface area contributed by atoms with Crippen LogP contribution in [0, 0.1) is 0 Å². The van der Waals surface area contributed by atoms with Gasteiger partial charge in [-0.2, -0.15) is 5.10 Å². The summed E-state index contributed by atoms with van der Waals surface area (Å²) in [6.07, 6.45) is 1.42. The summed E-state index contributed by atoms with van der Waals surface area (Å²) in [5.74, 6) is 1.06. The van der Waals surface area contributed by atoms with Crippen molar-refractivity contribution >= 4 is 40.7 Å². The molecule has 0 unspecified atom stereocenters. The number of benzene rings is 2. The first-order chi connectivity index (χ1) is 14.2. The molecule has 2 heterocycles. The minimum atomic E-state index is -0.491. The molecule has 2 amide bonds. The van der Waals surface area contributed by atoms with Crippen molar-refractivity contribution in [3.8, 4) is 5.75 Å². The number of aromatic nitrogens is 2. The van der Waals surface area contributed by atoms with E-state index in [4.69, 9.17) is 9.15 Å². The number of hydrazone groups is 1. The van der Waals surface area contributed by atoms with Crippen LogP contribution in [-0.2, 0) is 0 Å². The predicted octanol–water partition coefficient (Wildman–Crippen LogP) is 4.47. The average molecular weight is 407 g/mol. The second kappa shape index (κ2) is 8.53. The lowest BCUT2D eigenvalue weighted by atomic mass is 10.3. The number of anilines is 1. The minimum absolute atomic E-state index is 0.491. The number of carbonyl (C=O) groups excluding carboxylic acids is 1. The summed E-state index contributed by atoms with van der Waals surface area (Å²) in [6.45, 7) is 0. The van der Waals surface area contributed by atoms with Crippen molar-refractivity contribution in [3.63, 3.8) is 0 Å². The number of H-pyrrole nitrogens is 1. The van der Waals surface area contributed by atoms with Gasteiger partial charge >= 0.3 is 6.03 Å². The van der Waals surface area contributed by atoms with Crippen LogP contribution in [0.3, 0.4) is 0 Å². The van der Waals surface area contributed by atoms with Crippen molar-refractivity contribution in [1.82, 2.24) is 15.4 Å². The third-order valence-corrected chi connectivity index (χ3v) is 4.69. The van der Waals surface area contributed by atoms with E-state index >= 15 is 0 Å². The molecule has 4 rings (SSSR count). The maximum Gasteiger partial charge on any atom is 0.339 e. The Hall–Kier alpha value is -3.72. The molecule has 0 aliphatic carbocycles. The number of methoxy groups -OCH3 is 1. The first kappa shape index (κ1) is 18.6. The maximum absolute atomic E-state index is 12.0. The highest BCUT2D eigenvalue weighted by molar-refractivity contribution is 7.99. The smallest absolute Gasteiger partial charge is 0.339 e. The van der Waals surface area contributed by atoms with Crippen LogP contribution in [0.15, 0.2) is 80.4 Å². The first-order valence-corrected chi connectivity index (χ1v) is 9.48. The van der Waals surface area contributed by atoms with Gasteiger partial charge in [-0.05, 0) is 48.2 Å². The summed E-state index contributed by atoms with van der Waals surface area (Å²) < 4.78 is 10.9. The van der Waals surface area contributed by atoms with Crippen molar-refractivity contribution in [1.29, 1.82) is 0 Å². The van der Waals surface area contributed by atoms with Crippen molar-refractivity contribution in [2.24, 2.45) is 5.10 Å². The normalized spacial score (nSPS) is 11.1. The molecule has 146 valence electrons. The Morgan fingerprint density at radius 1 is 1.17 bits per heavy atom. The largest absolute Gasteiger partial charge is 0.495 e. The fraction of sp³-hybridized carbons (Fsp3) is 0.0500. The van der Waals surface area contributed by atoms with E-state index in [9.17, 15) is 4.79 Å². The third-order valence-electron chi connectivity index (χ3n) is 3.88. The van der Waals surface area contributed by atoms with Gasteiger partial charge in [0, 0.05) is 0 Å². The minimum Gasteiger partial charge on any atom is -0.495 e. The van der Waals surface area contributed by atoms with E-state index in [1.54, 1.807) is 24.3 Å². The molecule has 0 bridgehead atoms. The van der Waals surface area contributed by atoms with Gasteiger partial charge in [-0.1, -0.05) is 24.3 Å². The van der Waals surface area contributed by atoms with Crippen molar-refractivity contribution in [3.05, 3.63) is 66.4 Å². The molecule has 2 aromatic carbocycles. The standard InChI is InChI=1S/C20H17N5O3S/c1-27-17-9-5-4-8-16(17)22-19(26)25-21-12-13-10-11-18(28-13)29-20-23-14-6-2-3-7-15(14)24-20/h2-12H,1H3,(H,23,24)(H2,22,25,26)/b21-12+. The Labute approximate surface area is 170 Å². The number of fused-ring (bicyclic) bond motifs is 1. The fourth-order valence-corrected chi connectivity index (χ4v) is 3.35. The highest BCUT2D eigenvalue weighted by Gasteiger charge is 2.08. The van der Waals surface area contributed by atoms with E-state index in [-0.39, 0.29) is 0 Å². The molecule has 2 aromatic heterocycles. The lowest BCUT2D eigenvalue weighted by Crippen LogP contribution is -2.24. The number of ether oxygens (including phenoxy) is 1. The predicted molar refractivity (Wildman–Crippen MR) is 112 cm³/mol. The van der Waals surface area contributed by atoms with Gasteiger partial charge < -0.3 is 19.5 Å². The van der Waals surface area contributed by atoms with E-state index in [0.717, 1.165) is 16.2 Å². The van der Waals surface area contributed by atoms with Gasteiger partial charge in [0.15, 0.2) is 10.2 Å². The summed E-state index contributed by atoms with van der Waals surface area (Å²) in [5.41, 5.74) is 4.80. The van der Waals surface area contributed by atoms with Crippen molar-refractivity contribution in [2.75, 3.05) is 12.4 Å². The summed E-state index contributed by atoms with van der Waals surface area (Å²) >= 11 is 1.37. The number of carbonyl (C=O) groups is 1. The zero-order valence-corrected chi connectivity index (χ0v) is 16.2. The van der Waals surface area contributed by atoms with Crippen LogP contribution in [0.1, 0.15) is 5.76 Å². The van der Waals surface area contributed by atoms with Gasteiger partial charge in [0.2, 0.25) is 0 Å². The second-order valence-electron chi connectivity index (χ2n) is 5.84. The molecule has 0 saturated heterocycles. The molecule has 4 aromatic rings. The molecule has 0 fully saturated rings. The summed E-state index contributed by atoms with van der Waals surface area (Å²) in [5, 5.41) is 7.95. The quantitative estimate of drug-likeness (QED) is 0.323. The lowest BCUT2D eigenvalue weighted by molar-refractivity contribution is 0.252. The molecule has 0 radical (unpaired) electrons. The molecule has 0 aliphatic rings. The van der Waals surface area contributed by atoms with Crippen molar-refractivity contribution in [2.45, 2.75) is 10.2 Å². The number of imidazole rings is 1. The molecule has 8 nitrogen and oxygen atoms in total. The van der Waals surface area contributed by atoms with Gasteiger partial charge in [0.05, 0.1) is 30.0 Å². The molecule has 3 N–H and O–H groups in total. The van der Waals surface area contributed by atoms with Crippen LogP contribution in [0.4, 0.5) is 10.5 Å². The van der Waals surface area contributed by atoms with E-state index in [1.165, 1.54) is 25.1 Å². The monoisotopic (exact) mass is 407 g/mol. The molecule has 0 aliphatic heterocycles. The Bertz CT molecular complexity index is 1130. The number of hydrogen-bond acceptors (Lipinski definition) is 6. The Morgan fingerprint density at radius 2 is 2.00 bits per heavy atom. The summed E-state index contributed by atoms with van der Waals surface area (Å²) in [6, 6.07) is 18.0. The molecule has 0 atom stereocenters. The Morgan fingerprint density at radius 3 is 2.86 bits per heavy atom. The van der Waals surface area contributed by atoms with Gasteiger partial charge in [-0.25, -0.2) is 15.2 Å². The van der Waals surface area contributed by atoms with Crippen LogP contribution in [0.25, 0.3) is 11.0 Å². The average Bonchev–Trinajstić information content (AvgIpc) is 3.34. The van der Waals surface area contributed by atoms with Crippen molar-refractivity contribution < 1.29 is 13.9 Å². The van der Waals surface area contributed by atoms with Gasteiger partial charge in [0.1, 0.15) is 11.5 Å². The lowest BCUT2D eigenvalue weighted by Gasteiger charge is -2.08. The molecular weight excluding hydrogens is 390 g/mol. The molecule has 9 heteroatoms. The second-order valence-corrected chi connectivity index (χ2v) is 6.84. The molecule has 0 saturated carbocycles. The van der Waals surface area contributed by atoms with Crippen LogP contribution >= 0.6 is 11.8 Å². The number of aromatic amines is 1. The van der Waals surface area contributed by atoms with E-state index in [1.807, 2.05) is 36.4 Å². The number of rotatable bonds is 6. The van der Waals surface area contributed by atoms with Crippen LogP contribution in [0.5, 0.6) is 5.75 Å². The van der Waals surface area contributed by atoms with E-state index in [2.05, 4.69) is 25.8 Å². The number of nitrogens with zero attached hydrogens (tertiary/aromatic N) is 2. The zero-order valence-electron chi connectivity index (χ0n) is 15.4. The highest BCUT2D eigenvalue weighted by Crippen LogP contribution is 2.28. The van der Waals surface area contributed by atoms with Crippen LogP contribution < -0.4 is 15.5 Å². The number of urea groups is 1. The number of nitrogens with one attached hydrogen (secondary N) is 3. The molecule has 29 heavy (non-hydrogen) atoms. The van der Waals surface area contributed by atoms with E-state index in [0.29, 0.717) is 22.3 Å². The van der Waals surface area contributed by atoms with Crippen LogP contribution in [0.2, 0.25) is 0 Å².